The zero-order valence-corrected chi connectivity index (χ0v) is 14.9. The van der Waals surface area contributed by atoms with Crippen LogP contribution in [0.5, 0.6) is 0 Å². The summed E-state index contributed by atoms with van der Waals surface area (Å²) >= 11 is 6.00. The number of benzene rings is 1. The number of nitrogens with zero attached hydrogens (tertiary/aromatic N) is 1. The van der Waals surface area contributed by atoms with Gasteiger partial charge in [0.2, 0.25) is 15.9 Å². The summed E-state index contributed by atoms with van der Waals surface area (Å²) in [5, 5.41) is 2.72. The van der Waals surface area contributed by atoms with Crippen LogP contribution in [0.25, 0.3) is 0 Å². The molecular formula is C13H21Cl2N3O3S. The minimum atomic E-state index is -3.68. The van der Waals surface area contributed by atoms with Gasteiger partial charge in [-0.05, 0) is 18.2 Å². The molecule has 6 nitrogen and oxygen atoms in total. The molecule has 1 aromatic rings. The fourth-order valence-electron chi connectivity index (χ4n) is 1.84. The Morgan fingerprint density at radius 3 is 2.41 bits per heavy atom. The number of carbonyl (C=O) groups is 1. The Labute approximate surface area is 142 Å². The molecule has 0 fully saturated rings. The van der Waals surface area contributed by atoms with Crippen LogP contribution < -0.4 is 11.1 Å². The molecule has 0 atom stereocenters. The minimum absolute atomic E-state index is 0. The van der Waals surface area contributed by atoms with Gasteiger partial charge in [-0.15, -0.1) is 12.4 Å². The molecule has 0 radical (unpaired) electrons. The lowest BCUT2D eigenvalue weighted by molar-refractivity contribution is -0.116. The van der Waals surface area contributed by atoms with Gasteiger partial charge in [-0.3, -0.25) is 4.79 Å². The monoisotopic (exact) mass is 369 g/mol. The summed E-state index contributed by atoms with van der Waals surface area (Å²) in [6.45, 7) is 4.42. The van der Waals surface area contributed by atoms with Gasteiger partial charge in [0.25, 0.3) is 0 Å². The summed E-state index contributed by atoms with van der Waals surface area (Å²) in [6, 6.07) is 4.37. The molecule has 22 heavy (non-hydrogen) atoms. The van der Waals surface area contributed by atoms with Gasteiger partial charge in [0, 0.05) is 31.7 Å². The van der Waals surface area contributed by atoms with Crippen molar-refractivity contribution in [3.05, 3.63) is 23.2 Å². The smallest absolute Gasteiger partial charge is 0.244 e. The van der Waals surface area contributed by atoms with Crippen LogP contribution in [0.2, 0.25) is 5.02 Å². The van der Waals surface area contributed by atoms with Crippen LogP contribution in [0.1, 0.15) is 20.3 Å². The van der Waals surface area contributed by atoms with Crippen LogP contribution in [0.3, 0.4) is 0 Å². The van der Waals surface area contributed by atoms with E-state index in [1.807, 2.05) is 0 Å². The Morgan fingerprint density at radius 2 is 1.91 bits per heavy atom. The quantitative estimate of drug-likeness (QED) is 0.769. The number of nitrogens with one attached hydrogen (secondary N) is 1. The second-order valence-electron chi connectivity index (χ2n) is 4.32. The largest absolute Gasteiger partial charge is 0.330 e. The molecule has 0 spiro atoms. The number of sulfonamides is 1. The Morgan fingerprint density at radius 1 is 1.32 bits per heavy atom. The molecule has 0 aliphatic carbocycles. The summed E-state index contributed by atoms with van der Waals surface area (Å²) < 4.78 is 26.3. The third kappa shape index (κ3) is 5.10. The lowest BCUT2D eigenvalue weighted by Crippen LogP contribution is -2.30. The van der Waals surface area contributed by atoms with Crippen LogP contribution in [-0.4, -0.2) is 38.3 Å². The van der Waals surface area contributed by atoms with Crippen molar-refractivity contribution in [2.75, 3.05) is 25.0 Å². The second-order valence-corrected chi connectivity index (χ2v) is 6.63. The van der Waals surface area contributed by atoms with Crippen LogP contribution in [0, 0.1) is 0 Å². The zero-order chi connectivity index (χ0) is 16.0. The fraction of sp³-hybridized carbons (Fsp3) is 0.462. The topological polar surface area (TPSA) is 92.5 Å². The first-order valence-corrected chi connectivity index (χ1v) is 8.48. The molecule has 0 aromatic heterocycles. The lowest BCUT2D eigenvalue weighted by Gasteiger charge is -2.19. The van der Waals surface area contributed by atoms with Crippen LogP contribution in [0.4, 0.5) is 5.69 Å². The molecule has 0 unspecified atom stereocenters. The molecule has 0 aliphatic rings. The third-order valence-corrected chi connectivity index (χ3v) is 5.44. The molecule has 0 aliphatic heterocycles. The first-order chi connectivity index (χ1) is 9.86. The van der Waals surface area contributed by atoms with E-state index in [2.05, 4.69) is 5.32 Å². The molecule has 0 saturated heterocycles. The number of rotatable bonds is 7. The molecule has 126 valence electrons. The predicted molar refractivity (Wildman–Crippen MR) is 91.1 cm³/mol. The van der Waals surface area contributed by atoms with E-state index in [1.54, 1.807) is 19.9 Å². The van der Waals surface area contributed by atoms with Crippen LogP contribution in [0.15, 0.2) is 23.1 Å². The Kier molecular flexibility index (Phi) is 8.95. The van der Waals surface area contributed by atoms with E-state index >= 15 is 0 Å². The molecule has 1 rings (SSSR count). The normalized spacial score (nSPS) is 11.1. The third-order valence-electron chi connectivity index (χ3n) is 2.91. The summed E-state index contributed by atoms with van der Waals surface area (Å²) in [4.78, 5) is 11.5. The summed E-state index contributed by atoms with van der Waals surface area (Å²) in [5.74, 6) is -0.272. The van der Waals surface area contributed by atoms with Crippen molar-refractivity contribution in [1.82, 2.24) is 4.31 Å². The molecule has 0 saturated carbocycles. The average molecular weight is 370 g/mol. The molecule has 1 amide bonds. The number of nitrogens with two attached hydrogens (primary N) is 1. The van der Waals surface area contributed by atoms with E-state index in [9.17, 15) is 13.2 Å². The van der Waals surface area contributed by atoms with Gasteiger partial charge in [-0.2, -0.15) is 4.31 Å². The van der Waals surface area contributed by atoms with Gasteiger partial charge in [0.1, 0.15) is 4.90 Å². The second kappa shape index (κ2) is 9.32. The fourth-order valence-corrected chi connectivity index (χ4v) is 3.79. The molecule has 0 heterocycles. The average Bonchev–Trinajstić information content (AvgIpc) is 2.42. The molecular weight excluding hydrogens is 349 g/mol. The van der Waals surface area contributed by atoms with E-state index < -0.39 is 10.0 Å². The van der Waals surface area contributed by atoms with Crippen LogP contribution in [-0.2, 0) is 14.8 Å². The SMILES string of the molecule is CCN(CC)S(=O)(=O)c1cc(NC(=O)CCN)ccc1Cl.Cl. The molecule has 0 bridgehead atoms. The maximum Gasteiger partial charge on any atom is 0.244 e. The highest BCUT2D eigenvalue weighted by Gasteiger charge is 2.24. The van der Waals surface area contributed by atoms with Crippen molar-refractivity contribution in [2.45, 2.75) is 25.2 Å². The standard InChI is InChI=1S/C13H20ClN3O3S.ClH/c1-3-17(4-2)21(19,20)12-9-10(5-6-11(12)14)16-13(18)7-8-15;/h5-6,9H,3-4,7-8,15H2,1-2H3,(H,16,18);1H. The van der Waals surface area contributed by atoms with Gasteiger partial charge >= 0.3 is 0 Å². The van der Waals surface area contributed by atoms with E-state index in [4.69, 9.17) is 17.3 Å². The summed E-state index contributed by atoms with van der Waals surface area (Å²) in [7, 11) is -3.68. The number of amides is 1. The lowest BCUT2D eigenvalue weighted by atomic mass is 10.3. The van der Waals surface area contributed by atoms with Crippen molar-refractivity contribution in [1.29, 1.82) is 0 Å². The summed E-state index contributed by atoms with van der Waals surface area (Å²) in [6.07, 6.45) is 0.167. The van der Waals surface area contributed by atoms with E-state index in [1.165, 1.54) is 16.4 Å². The van der Waals surface area contributed by atoms with Gasteiger partial charge in [0.05, 0.1) is 5.02 Å². The van der Waals surface area contributed by atoms with Gasteiger partial charge in [-0.25, -0.2) is 8.42 Å². The maximum atomic E-state index is 12.5. The highest BCUT2D eigenvalue weighted by Crippen LogP contribution is 2.27. The number of anilines is 1. The van der Waals surface area contributed by atoms with E-state index in [-0.39, 0.29) is 41.2 Å². The van der Waals surface area contributed by atoms with E-state index in [0.29, 0.717) is 18.8 Å². The number of hydrogen-bond acceptors (Lipinski definition) is 4. The first kappa shape index (κ1) is 21.1. The zero-order valence-electron chi connectivity index (χ0n) is 12.5. The number of halogens is 2. The number of hydrogen-bond donors (Lipinski definition) is 2. The van der Waals surface area contributed by atoms with Gasteiger partial charge in [-0.1, -0.05) is 25.4 Å². The minimum Gasteiger partial charge on any atom is -0.330 e. The van der Waals surface area contributed by atoms with Crippen molar-refractivity contribution in [3.8, 4) is 0 Å². The Bertz CT molecular complexity index is 605. The van der Waals surface area contributed by atoms with Crippen molar-refractivity contribution < 1.29 is 13.2 Å². The van der Waals surface area contributed by atoms with Crippen molar-refractivity contribution in [3.63, 3.8) is 0 Å². The molecule has 1 aromatic carbocycles. The van der Waals surface area contributed by atoms with Crippen molar-refractivity contribution in [2.24, 2.45) is 5.73 Å². The number of carbonyl (C=O) groups excluding carboxylic acids is 1. The van der Waals surface area contributed by atoms with Crippen LogP contribution >= 0.6 is 24.0 Å². The molecule has 9 heteroatoms. The van der Waals surface area contributed by atoms with Gasteiger partial charge in [0.15, 0.2) is 0 Å². The van der Waals surface area contributed by atoms with Crippen molar-refractivity contribution >= 4 is 45.6 Å². The highest BCUT2D eigenvalue weighted by atomic mass is 35.5. The van der Waals surface area contributed by atoms with Gasteiger partial charge < -0.3 is 11.1 Å². The Balaban J connectivity index is 0.00000441. The highest BCUT2D eigenvalue weighted by molar-refractivity contribution is 7.89. The molecule has 3 N–H and O–H groups in total. The maximum absolute atomic E-state index is 12.5. The summed E-state index contributed by atoms with van der Waals surface area (Å²) in [5.41, 5.74) is 5.68. The first-order valence-electron chi connectivity index (χ1n) is 6.66. The predicted octanol–water partition coefficient (Wildman–Crippen LogP) is 2.08. The Hall–Kier alpha value is -0.860. The van der Waals surface area contributed by atoms with E-state index in [0.717, 1.165) is 0 Å².